The SMILES string of the molecule is COc1c(Nc2c(F)cc(S(C)(=O)=O)cc2Cl)ncnc1OC1C2COCC1CN(c1ncc(Cl)cn1)C2. The van der Waals surface area contributed by atoms with Gasteiger partial charge in [0.2, 0.25) is 11.7 Å². The zero-order chi connectivity index (χ0) is 27.0. The second-order valence-corrected chi connectivity index (χ2v) is 11.8. The van der Waals surface area contributed by atoms with Gasteiger partial charge in [-0.3, -0.25) is 0 Å². The molecule has 2 aliphatic heterocycles. The molecule has 2 bridgehead atoms. The molecule has 11 nitrogen and oxygen atoms in total. The summed E-state index contributed by atoms with van der Waals surface area (Å²) in [4.78, 5) is 18.9. The molecule has 2 atom stereocenters. The predicted octanol–water partition coefficient (Wildman–Crippen LogP) is 3.40. The highest BCUT2D eigenvalue weighted by Crippen LogP contribution is 2.40. The van der Waals surface area contributed by atoms with Crippen LogP contribution >= 0.6 is 23.2 Å². The van der Waals surface area contributed by atoms with Crippen LogP contribution in [-0.4, -0.2) is 74.1 Å². The van der Waals surface area contributed by atoms with Crippen LogP contribution in [0.5, 0.6) is 11.6 Å². The van der Waals surface area contributed by atoms with Crippen molar-refractivity contribution < 1.29 is 27.0 Å². The van der Waals surface area contributed by atoms with Gasteiger partial charge in [0.15, 0.2) is 15.7 Å². The quantitative estimate of drug-likeness (QED) is 0.438. The Kier molecular flexibility index (Phi) is 7.45. The maximum Gasteiger partial charge on any atom is 0.262 e. The van der Waals surface area contributed by atoms with Gasteiger partial charge >= 0.3 is 0 Å². The lowest BCUT2D eigenvalue weighted by atomic mass is 9.84. The average molecular weight is 585 g/mol. The van der Waals surface area contributed by atoms with Gasteiger partial charge in [-0.1, -0.05) is 23.2 Å². The van der Waals surface area contributed by atoms with Gasteiger partial charge in [0.05, 0.1) is 53.3 Å². The molecule has 2 aliphatic rings. The van der Waals surface area contributed by atoms with Gasteiger partial charge in [-0.2, -0.15) is 4.98 Å². The number of fused-ring (bicyclic) bond motifs is 2. The van der Waals surface area contributed by atoms with Gasteiger partial charge in [0, 0.05) is 31.2 Å². The van der Waals surface area contributed by atoms with Crippen molar-refractivity contribution in [2.24, 2.45) is 11.8 Å². The molecule has 0 radical (unpaired) electrons. The van der Waals surface area contributed by atoms with E-state index in [0.29, 0.717) is 37.3 Å². The number of nitrogens with one attached hydrogen (secondary N) is 1. The standard InChI is InChI=1S/C23H23Cl2FN6O5S/c1-35-20-21(31-18-16(25)3-15(4-17(18)26)38(2,33)34)29-11-30-22(20)37-19-12-7-32(8-13(19)10-36-9-12)23-27-5-14(24)6-28-23/h3-6,11-13,19H,7-10H2,1-2H3,(H,29,30,31). The number of methoxy groups -OCH3 is 1. The molecule has 2 fully saturated rings. The molecule has 2 saturated heterocycles. The topological polar surface area (TPSA) is 129 Å². The molecule has 1 N–H and O–H groups in total. The molecular formula is C23H23Cl2FN6O5S. The first-order valence-corrected chi connectivity index (χ1v) is 14.1. The fraction of sp³-hybridized carbons (Fsp3) is 0.391. The summed E-state index contributed by atoms with van der Waals surface area (Å²) in [5.74, 6) is 0.0616. The summed E-state index contributed by atoms with van der Waals surface area (Å²) in [6, 6.07) is 2.04. The van der Waals surface area contributed by atoms with Crippen molar-refractivity contribution in [1.82, 2.24) is 19.9 Å². The second-order valence-electron chi connectivity index (χ2n) is 8.97. The monoisotopic (exact) mass is 584 g/mol. The van der Waals surface area contributed by atoms with E-state index in [0.717, 1.165) is 18.4 Å². The Labute approximate surface area is 228 Å². The Bertz CT molecular complexity index is 1410. The summed E-state index contributed by atoms with van der Waals surface area (Å²) in [6.45, 7) is 2.12. The van der Waals surface area contributed by atoms with Crippen molar-refractivity contribution in [3.63, 3.8) is 0 Å². The van der Waals surface area contributed by atoms with Crippen molar-refractivity contribution in [2.75, 3.05) is 49.9 Å². The zero-order valence-electron chi connectivity index (χ0n) is 20.3. The van der Waals surface area contributed by atoms with Gasteiger partial charge in [0.1, 0.15) is 18.2 Å². The molecule has 0 saturated carbocycles. The highest BCUT2D eigenvalue weighted by atomic mass is 35.5. The number of halogens is 3. The maximum atomic E-state index is 14.8. The first-order chi connectivity index (χ1) is 18.1. The Hall–Kier alpha value is -3.00. The van der Waals surface area contributed by atoms with E-state index in [1.165, 1.54) is 13.4 Å². The molecule has 0 aliphatic carbocycles. The first-order valence-electron chi connectivity index (χ1n) is 11.5. The number of hydrogen-bond acceptors (Lipinski definition) is 11. The van der Waals surface area contributed by atoms with Crippen molar-refractivity contribution in [3.8, 4) is 11.6 Å². The molecule has 15 heteroatoms. The van der Waals surface area contributed by atoms with Gasteiger partial charge < -0.3 is 24.4 Å². The summed E-state index contributed by atoms with van der Waals surface area (Å²) < 4.78 is 56.1. The largest absolute Gasteiger partial charge is 0.489 e. The van der Waals surface area contributed by atoms with Crippen molar-refractivity contribution in [3.05, 3.63) is 46.7 Å². The lowest BCUT2D eigenvalue weighted by Gasteiger charge is -2.46. The zero-order valence-corrected chi connectivity index (χ0v) is 22.6. The van der Waals surface area contributed by atoms with E-state index < -0.39 is 15.7 Å². The molecular weight excluding hydrogens is 562 g/mol. The Balaban J connectivity index is 1.39. The van der Waals surface area contributed by atoms with Crippen LogP contribution < -0.4 is 19.7 Å². The third kappa shape index (κ3) is 5.41. The summed E-state index contributed by atoms with van der Waals surface area (Å²) in [5, 5.41) is 3.10. The minimum atomic E-state index is -3.65. The maximum absolute atomic E-state index is 14.8. The number of rotatable bonds is 7. The number of aromatic nitrogens is 4. The van der Waals surface area contributed by atoms with Crippen LogP contribution in [0.25, 0.3) is 0 Å². The lowest BCUT2D eigenvalue weighted by molar-refractivity contribution is -0.0775. The Morgan fingerprint density at radius 3 is 2.39 bits per heavy atom. The molecule has 4 heterocycles. The normalized spacial score (nSPS) is 21.2. The van der Waals surface area contributed by atoms with Crippen LogP contribution in [0.2, 0.25) is 10.0 Å². The number of benzene rings is 1. The number of hydrogen-bond donors (Lipinski definition) is 1. The van der Waals surface area contributed by atoms with Gasteiger partial charge in [0.25, 0.3) is 5.88 Å². The fourth-order valence-electron chi connectivity index (χ4n) is 4.57. The summed E-state index contributed by atoms with van der Waals surface area (Å²) in [5.41, 5.74) is -0.163. The van der Waals surface area contributed by atoms with Crippen molar-refractivity contribution in [2.45, 2.75) is 11.0 Å². The number of piperidine rings is 1. The minimum absolute atomic E-state index is 0.0201. The van der Waals surface area contributed by atoms with E-state index in [4.69, 9.17) is 37.4 Å². The highest BCUT2D eigenvalue weighted by Gasteiger charge is 2.43. The van der Waals surface area contributed by atoms with E-state index in [9.17, 15) is 12.8 Å². The van der Waals surface area contributed by atoms with Gasteiger partial charge in [-0.05, 0) is 12.1 Å². The molecule has 2 aromatic heterocycles. The van der Waals surface area contributed by atoms with Gasteiger partial charge in [-0.25, -0.2) is 27.8 Å². The van der Waals surface area contributed by atoms with Crippen LogP contribution in [0.3, 0.4) is 0 Å². The molecule has 202 valence electrons. The molecule has 1 aromatic carbocycles. The van der Waals surface area contributed by atoms with Crippen LogP contribution in [0.1, 0.15) is 0 Å². The molecule has 38 heavy (non-hydrogen) atoms. The van der Waals surface area contributed by atoms with Crippen molar-refractivity contribution in [1.29, 1.82) is 0 Å². The highest BCUT2D eigenvalue weighted by molar-refractivity contribution is 7.90. The van der Waals surface area contributed by atoms with Crippen molar-refractivity contribution >= 4 is 50.5 Å². The molecule has 5 rings (SSSR count). The average Bonchev–Trinajstić information content (AvgIpc) is 2.86. The summed E-state index contributed by atoms with van der Waals surface area (Å²) in [7, 11) is -2.25. The minimum Gasteiger partial charge on any atom is -0.489 e. The van der Waals surface area contributed by atoms with E-state index in [2.05, 4.69) is 30.2 Å². The van der Waals surface area contributed by atoms with Crippen LogP contribution in [-0.2, 0) is 14.6 Å². The smallest absolute Gasteiger partial charge is 0.262 e. The predicted molar refractivity (Wildman–Crippen MR) is 138 cm³/mol. The van der Waals surface area contributed by atoms with Crippen LogP contribution in [0.4, 0.5) is 21.8 Å². The fourth-order valence-corrected chi connectivity index (χ4v) is 5.64. The third-order valence-corrected chi connectivity index (χ3v) is 7.89. The number of nitrogens with zero attached hydrogens (tertiary/aromatic N) is 5. The molecule has 3 aromatic rings. The first kappa shape index (κ1) is 26.6. The second kappa shape index (κ2) is 10.6. The van der Waals surface area contributed by atoms with Crippen LogP contribution in [0, 0.1) is 17.7 Å². The van der Waals surface area contributed by atoms with E-state index in [-0.39, 0.29) is 51.0 Å². The molecule has 2 unspecified atom stereocenters. The lowest BCUT2D eigenvalue weighted by Crippen LogP contribution is -2.58. The Morgan fingerprint density at radius 1 is 1.11 bits per heavy atom. The van der Waals surface area contributed by atoms with Gasteiger partial charge in [-0.15, -0.1) is 0 Å². The number of anilines is 3. The number of sulfone groups is 1. The van der Waals surface area contributed by atoms with E-state index in [1.807, 2.05) is 0 Å². The Morgan fingerprint density at radius 2 is 1.79 bits per heavy atom. The molecule has 0 spiro atoms. The van der Waals surface area contributed by atoms with E-state index >= 15 is 0 Å². The van der Waals surface area contributed by atoms with E-state index in [1.54, 1.807) is 12.4 Å². The number of ether oxygens (including phenoxy) is 3. The third-order valence-electron chi connectivity index (χ3n) is 6.30. The summed E-state index contributed by atoms with van der Waals surface area (Å²) in [6.07, 6.45) is 5.08. The van der Waals surface area contributed by atoms with Crippen LogP contribution in [0.15, 0.2) is 35.7 Å². The molecule has 0 amide bonds. The summed E-state index contributed by atoms with van der Waals surface area (Å²) >= 11 is 12.1.